The molecular formula is C27H39NO. The number of phenols is 1. The van der Waals surface area contributed by atoms with Gasteiger partial charge in [-0.15, -0.1) is 0 Å². The Morgan fingerprint density at radius 2 is 1.21 bits per heavy atom. The van der Waals surface area contributed by atoms with Crippen molar-refractivity contribution in [2.45, 2.75) is 92.4 Å². The number of phenolic OH excluding ortho intramolecular Hbond substituents is 1. The molecule has 2 nitrogen and oxygen atoms in total. The SMILES string of the molecule is Cc1cc(C)c(O)c(C=Nc2c(C(C)(C)C)cc(C(C)(C)C)cc2C(C)(C)C)c1. The van der Waals surface area contributed by atoms with Gasteiger partial charge in [0.05, 0.1) is 5.69 Å². The molecule has 0 saturated carbocycles. The van der Waals surface area contributed by atoms with Gasteiger partial charge in [-0.3, -0.25) is 4.99 Å². The number of nitrogens with zero attached hydrogens (tertiary/aromatic N) is 1. The second kappa shape index (κ2) is 7.63. The minimum atomic E-state index is -0.0432. The van der Waals surface area contributed by atoms with Gasteiger partial charge in [-0.1, -0.05) is 80.5 Å². The number of aryl methyl sites for hydroxylation is 2. The summed E-state index contributed by atoms with van der Waals surface area (Å²) in [5.41, 5.74) is 7.59. The number of aliphatic imine (C=N–C) groups is 1. The predicted molar refractivity (Wildman–Crippen MR) is 127 cm³/mol. The van der Waals surface area contributed by atoms with E-state index >= 15 is 0 Å². The molecule has 0 heterocycles. The maximum Gasteiger partial charge on any atom is 0.127 e. The maximum absolute atomic E-state index is 10.5. The van der Waals surface area contributed by atoms with E-state index in [1.54, 1.807) is 0 Å². The van der Waals surface area contributed by atoms with Crippen molar-refractivity contribution in [1.29, 1.82) is 0 Å². The zero-order valence-electron chi connectivity index (χ0n) is 20.3. The molecule has 2 aromatic carbocycles. The van der Waals surface area contributed by atoms with Crippen LogP contribution in [0.5, 0.6) is 5.75 Å². The van der Waals surface area contributed by atoms with E-state index in [2.05, 4.69) is 74.4 Å². The van der Waals surface area contributed by atoms with Gasteiger partial charge < -0.3 is 5.11 Å². The topological polar surface area (TPSA) is 32.6 Å². The fourth-order valence-electron chi connectivity index (χ4n) is 3.58. The molecule has 2 aromatic rings. The van der Waals surface area contributed by atoms with Crippen LogP contribution < -0.4 is 0 Å². The Labute approximate surface area is 178 Å². The van der Waals surface area contributed by atoms with Crippen molar-refractivity contribution in [3.63, 3.8) is 0 Å². The summed E-state index contributed by atoms with van der Waals surface area (Å²) in [6.45, 7) is 24.2. The molecule has 0 radical (unpaired) electrons. The predicted octanol–water partition coefficient (Wildman–Crippen LogP) is 7.65. The second-order valence-electron chi connectivity index (χ2n) is 11.4. The molecule has 0 aliphatic rings. The number of aromatic hydroxyl groups is 1. The fraction of sp³-hybridized carbons (Fsp3) is 0.519. The van der Waals surface area contributed by atoms with Crippen LogP contribution in [0.25, 0.3) is 0 Å². The molecule has 0 spiro atoms. The number of benzene rings is 2. The zero-order chi connectivity index (χ0) is 22.4. The molecule has 29 heavy (non-hydrogen) atoms. The van der Waals surface area contributed by atoms with Crippen molar-refractivity contribution < 1.29 is 5.11 Å². The quantitative estimate of drug-likeness (QED) is 0.522. The van der Waals surface area contributed by atoms with E-state index in [0.717, 1.165) is 22.4 Å². The third-order valence-electron chi connectivity index (χ3n) is 5.40. The van der Waals surface area contributed by atoms with Crippen molar-refractivity contribution in [2.24, 2.45) is 4.99 Å². The fourth-order valence-corrected chi connectivity index (χ4v) is 3.58. The van der Waals surface area contributed by atoms with Crippen molar-refractivity contribution in [3.05, 3.63) is 57.6 Å². The molecule has 0 aromatic heterocycles. The van der Waals surface area contributed by atoms with Gasteiger partial charge in [0.15, 0.2) is 0 Å². The van der Waals surface area contributed by atoms with E-state index in [4.69, 9.17) is 4.99 Å². The van der Waals surface area contributed by atoms with E-state index < -0.39 is 0 Å². The van der Waals surface area contributed by atoms with Crippen molar-refractivity contribution >= 4 is 11.9 Å². The van der Waals surface area contributed by atoms with Gasteiger partial charge in [0.1, 0.15) is 5.75 Å². The van der Waals surface area contributed by atoms with Crippen LogP contribution in [-0.2, 0) is 16.2 Å². The molecule has 2 rings (SSSR count). The Bertz CT molecular complexity index is 894. The summed E-state index contributed by atoms with van der Waals surface area (Å²) in [5.74, 6) is 0.306. The molecular weight excluding hydrogens is 354 g/mol. The highest BCUT2D eigenvalue weighted by atomic mass is 16.3. The summed E-state index contributed by atoms with van der Waals surface area (Å²) < 4.78 is 0. The molecule has 0 amide bonds. The molecule has 1 N–H and O–H groups in total. The summed E-state index contributed by atoms with van der Waals surface area (Å²) in [6.07, 6.45) is 1.83. The first-order valence-electron chi connectivity index (χ1n) is 10.6. The number of hydrogen-bond donors (Lipinski definition) is 1. The first-order valence-corrected chi connectivity index (χ1v) is 10.6. The Balaban J connectivity index is 2.82. The number of rotatable bonds is 2. The molecule has 0 aliphatic heterocycles. The molecule has 0 aliphatic carbocycles. The lowest BCUT2D eigenvalue weighted by Gasteiger charge is -2.32. The van der Waals surface area contributed by atoms with Gasteiger partial charge in [0.2, 0.25) is 0 Å². The van der Waals surface area contributed by atoms with Gasteiger partial charge in [-0.2, -0.15) is 0 Å². The Morgan fingerprint density at radius 1 is 0.724 bits per heavy atom. The first kappa shape index (κ1) is 23.2. The minimum Gasteiger partial charge on any atom is -0.507 e. The van der Waals surface area contributed by atoms with E-state index in [-0.39, 0.29) is 16.2 Å². The van der Waals surface area contributed by atoms with E-state index in [1.807, 2.05) is 32.2 Å². The summed E-state index contributed by atoms with van der Waals surface area (Å²) >= 11 is 0. The molecule has 158 valence electrons. The lowest BCUT2D eigenvalue weighted by molar-refractivity contribution is 0.470. The van der Waals surface area contributed by atoms with E-state index in [1.165, 1.54) is 16.7 Å². The second-order valence-corrected chi connectivity index (χ2v) is 11.4. The Morgan fingerprint density at radius 3 is 1.62 bits per heavy atom. The van der Waals surface area contributed by atoms with Crippen molar-refractivity contribution in [3.8, 4) is 5.75 Å². The largest absolute Gasteiger partial charge is 0.507 e. The Hall–Kier alpha value is -2.09. The van der Waals surface area contributed by atoms with Crippen molar-refractivity contribution in [1.82, 2.24) is 0 Å². The van der Waals surface area contributed by atoms with Gasteiger partial charge in [-0.05, 0) is 64.0 Å². The lowest BCUT2D eigenvalue weighted by Crippen LogP contribution is -2.21. The lowest BCUT2D eigenvalue weighted by atomic mass is 9.74. The van der Waals surface area contributed by atoms with Crippen LogP contribution >= 0.6 is 0 Å². The average molecular weight is 394 g/mol. The summed E-state index contributed by atoms with van der Waals surface area (Å²) in [4.78, 5) is 4.99. The Kier molecular flexibility index (Phi) is 6.10. The molecule has 0 atom stereocenters. The van der Waals surface area contributed by atoms with Crippen LogP contribution in [0.1, 0.15) is 95.7 Å². The van der Waals surface area contributed by atoms with Gasteiger partial charge in [-0.25, -0.2) is 0 Å². The van der Waals surface area contributed by atoms with Crippen molar-refractivity contribution in [2.75, 3.05) is 0 Å². The summed E-state index contributed by atoms with van der Waals surface area (Å²) in [7, 11) is 0. The summed E-state index contributed by atoms with van der Waals surface area (Å²) in [6, 6.07) is 8.63. The smallest absolute Gasteiger partial charge is 0.127 e. The van der Waals surface area contributed by atoms with Crippen LogP contribution in [0.4, 0.5) is 5.69 Å². The van der Waals surface area contributed by atoms with Gasteiger partial charge >= 0.3 is 0 Å². The molecule has 0 unspecified atom stereocenters. The average Bonchev–Trinajstić information content (AvgIpc) is 2.53. The van der Waals surface area contributed by atoms with Gasteiger partial charge in [0.25, 0.3) is 0 Å². The molecule has 0 fully saturated rings. The zero-order valence-corrected chi connectivity index (χ0v) is 20.3. The molecule has 0 saturated heterocycles. The van der Waals surface area contributed by atoms with E-state index in [0.29, 0.717) is 5.75 Å². The third kappa shape index (κ3) is 5.29. The highest BCUT2D eigenvalue weighted by Gasteiger charge is 2.29. The molecule has 2 heteroatoms. The van der Waals surface area contributed by atoms with Crippen LogP contribution in [0.2, 0.25) is 0 Å². The monoisotopic (exact) mass is 393 g/mol. The standard InChI is InChI=1S/C27H39NO/c1-17-12-18(2)24(29)19(13-17)16-28-23-21(26(6,7)8)14-20(25(3,4)5)15-22(23)27(9,10)11/h12-16,29H,1-11H3. The van der Waals surface area contributed by atoms with Gasteiger partial charge in [0, 0.05) is 11.8 Å². The van der Waals surface area contributed by atoms with Crippen LogP contribution in [0, 0.1) is 13.8 Å². The number of hydrogen-bond acceptors (Lipinski definition) is 2. The highest BCUT2D eigenvalue weighted by molar-refractivity contribution is 5.87. The van der Waals surface area contributed by atoms with Crippen LogP contribution in [-0.4, -0.2) is 11.3 Å². The van der Waals surface area contributed by atoms with E-state index in [9.17, 15) is 5.11 Å². The maximum atomic E-state index is 10.5. The molecule has 0 bridgehead atoms. The first-order chi connectivity index (χ1) is 13.0. The van der Waals surface area contributed by atoms with Crippen LogP contribution in [0.3, 0.4) is 0 Å². The summed E-state index contributed by atoms with van der Waals surface area (Å²) in [5, 5.41) is 10.5. The minimum absolute atomic E-state index is 0.0432. The van der Waals surface area contributed by atoms with Crippen LogP contribution in [0.15, 0.2) is 29.3 Å². The highest BCUT2D eigenvalue weighted by Crippen LogP contribution is 2.43. The normalized spacial score (nSPS) is 13.3. The third-order valence-corrected chi connectivity index (χ3v) is 5.40.